The second-order valence-corrected chi connectivity index (χ2v) is 4.90. The SMILES string of the molecule is CC(C)C(C)NC(=O)CNc1ccc(C(N)=O)cc1. The average Bonchev–Trinajstić information content (AvgIpc) is 2.36. The minimum Gasteiger partial charge on any atom is -0.376 e. The van der Waals surface area contributed by atoms with Crippen LogP contribution in [0.1, 0.15) is 31.1 Å². The Hall–Kier alpha value is -2.04. The summed E-state index contributed by atoms with van der Waals surface area (Å²) in [5.41, 5.74) is 6.37. The molecule has 19 heavy (non-hydrogen) atoms. The van der Waals surface area contributed by atoms with Crippen molar-refractivity contribution in [2.45, 2.75) is 26.8 Å². The van der Waals surface area contributed by atoms with Crippen LogP contribution in [-0.2, 0) is 4.79 Å². The van der Waals surface area contributed by atoms with Crippen LogP contribution in [-0.4, -0.2) is 24.4 Å². The molecule has 0 radical (unpaired) electrons. The monoisotopic (exact) mass is 263 g/mol. The van der Waals surface area contributed by atoms with Gasteiger partial charge in [-0.2, -0.15) is 0 Å². The van der Waals surface area contributed by atoms with E-state index in [4.69, 9.17) is 5.73 Å². The first-order valence-electron chi connectivity index (χ1n) is 6.33. The highest BCUT2D eigenvalue weighted by molar-refractivity contribution is 5.93. The zero-order valence-corrected chi connectivity index (χ0v) is 11.6. The zero-order chi connectivity index (χ0) is 14.4. The maximum absolute atomic E-state index is 11.7. The first-order valence-corrected chi connectivity index (χ1v) is 6.33. The van der Waals surface area contributed by atoms with Crippen LogP contribution in [0.5, 0.6) is 0 Å². The van der Waals surface area contributed by atoms with Crippen LogP contribution in [0.25, 0.3) is 0 Å². The van der Waals surface area contributed by atoms with Gasteiger partial charge >= 0.3 is 0 Å². The molecule has 4 N–H and O–H groups in total. The van der Waals surface area contributed by atoms with Gasteiger partial charge in [-0.15, -0.1) is 0 Å². The molecule has 1 aromatic rings. The Kier molecular flexibility index (Phi) is 5.36. The molecular formula is C14H21N3O2. The molecule has 0 aromatic heterocycles. The lowest BCUT2D eigenvalue weighted by molar-refractivity contribution is -0.120. The summed E-state index contributed by atoms with van der Waals surface area (Å²) in [6, 6.07) is 6.84. The van der Waals surface area contributed by atoms with Crippen LogP contribution >= 0.6 is 0 Å². The number of anilines is 1. The fourth-order valence-corrected chi connectivity index (χ4v) is 1.41. The minimum atomic E-state index is -0.463. The van der Waals surface area contributed by atoms with E-state index in [1.54, 1.807) is 24.3 Å². The highest BCUT2D eigenvalue weighted by atomic mass is 16.2. The predicted octanol–water partition coefficient (Wildman–Crippen LogP) is 1.36. The fourth-order valence-electron chi connectivity index (χ4n) is 1.41. The second-order valence-electron chi connectivity index (χ2n) is 4.90. The summed E-state index contributed by atoms with van der Waals surface area (Å²) >= 11 is 0. The number of amides is 2. The molecule has 1 atom stereocenters. The quantitative estimate of drug-likeness (QED) is 0.724. The van der Waals surface area contributed by atoms with Crippen LogP contribution < -0.4 is 16.4 Å². The normalized spacial score (nSPS) is 12.0. The van der Waals surface area contributed by atoms with Crippen LogP contribution in [0.15, 0.2) is 24.3 Å². The van der Waals surface area contributed by atoms with Gasteiger partial charge < -0.3 is 16.4 Å². The Bertz CT molecular complexity index is 441. The third-order valence-corrected chi connectivity index (χ3v) is 3.01. The molecule has 5 heteroatoms. The first-order chi connectivity index (χ1) is 8.90. The number of primary amides is 1. The van der Waals surface area contributed by atoms with Crippen LogP contribution in [0, 0.1) is 5.92 Å². The van der Waals surface area contributed by atoms with E-state index < -0.39 is 5.91 Å². The number of rotatable bonds is 6. The molecule has 0 spiro atoms. The summed E-state index contributed by atoms with van der Waals surface area (Å²) < 4.78 is 0. The van der Waals surface area contributed by atoms with Gasteiger partial charge in [0.05, 0.1) is 6.54 Å². The molecule has 0 fully saturated rings. The van der Waals surface area contributed by atoms with E-state index in [9.17, 15) is 9.59 Å². The van der Waals surface area contributed by atoms with Gasteiger partial charge in [-0.1, -0.05) is 13.8 Å². The molecule has 0 aliphatic carbocycles. The smallest absolute Gasteiger partial charge is 0.248 e. The molecule has 0 aliphatic rings. The molecule has 0 aliphatic heterocycles. The topological polar surface area (TPSA) is 84.2 Å². The standard InChI is InChI=1S/C14H21N3O2/c1-9(2)10(3)17-13(18)8-16-12-6-4-11(5-7-12)14(15)19/h4-7,9-10,16H,8H2,1-3H3,(H2,15,19)(H,17,18). The first kappa shape index (κ1) is 15.0. The summed E-state index contributed by atoms with van der Waals surface area (Å²) in [6.45, 7) is 6.29. The molecule has 0 bridgehead atoms. The number of benzene rings is 1. The van der Waals surface area contributed by atoms with Crippen molar-refractivity contribution in [2.75, 3.05) is 11.9 Å². The molecule has 1 unspecified atom stereocenters. The van der Waals surface area contributed by atoms with Crippen molar-refractivity contribution in [3.63, 3.8) is 0 Å². The van der Waals surface area contributed by atoms with Gasteiger partial charge in [0, 0.05) is 17.3 Å². The highest BCUT2D eigenvalue weighted by Gasteiger charge is 2.10. The Morgan fingerprint density at radius 1 is 1.16 bits per heavy atom. The third kappa shape index (κ3) is 4.99. The number of hydrogen-bond acceptors (Lipinski definition) is 3. The van der Waals surface area contributed by atoms with Gasteiger partial charge in [0.2, 0.25) is 11.8 Å². The van der Waals surface area contributed by atoms with Crippen LogP contribution in [0.3, 0.4) is 0 Å². The summed E-state index contributed by atoms with van der Waals surface area (Å²) in [4.78, 5) is 22.6. The molecule has 2 amide bonds. The largest absolute Gasteiger partial charge is 0.376 e. The molecule has 1 aromatic carbocycles. The minimum absolute atomic E-state index is 0.0554. The summed E-state index contributed by atoms with van der Waals surface area (Å²) in [5.74, 6) is -0.117. The van der Waals surface area contributed by atoms with Crippen molar-refractivity contribution in [1.29, 1.82) is 0 Å². The van der Waals surface area contributed by atoms with Crippen molar-refractivity contribution in [2.24, 2.45) is 11.7 Å². The van der Waals surface area contributed by atoms with Gasteiger partial charge in [0.15, 0.2) is 0 Å². The molecule has 0 saturated carbocycles. The molecule has 0 saturated heterocycles. The Balaban J connectivity index is 2.44. The molecular weight excluding hydrogens is 242 g/mol. The van der Waals surface area contributed by atoms with E-state index in [2.05, 4.69) is 24.5 Å². The van der Waals surface area contributed by atoms with Gasteiger partial charge in [-0.25, -0.2) is 0 Å². The van der Waals surface area contributed by atoms with Crippen molar-refractivity contribution in [1.82, 2.24) is 5.32 Å². The predicted molar refractivity (Wildman–Crippen MR) is 75.9 cm³/mol. The number of hydrogen-bond donors (Lipinski definition) is 3. The van der Waals surface area contributed by atoms with Crippen molar-refractivity contribution >= 4 is 17.5 Å². The van der Waals surface area contributed by atoms with Crippen LogP contribution in [0.2, 0.25) is 0 Å². The Morgan fingerprint density at radius 3 is 2.21 bits per heavy atom. The van der Waals surface area contributed by atoms with Gasteiger partial charge in [0.1, 0.15) is 0 Å². The number of nitrogens with one attached hydrogen (secondary N) is 2. The average molecular weight is 263 g/mol. The molecule has 1 rings (SSSR count). The van der Waals surface area contributed by atoms with Crippen molar-refractivity contribution < 1.29 is 9.59 Å². The van der Waals surface area contributed by atoms with Gasteiger partial charge in [0.25, 0.3) is 0 Å². The zero-order valence-electron chi connectivity index (χ0n) is 11.6. The maximum Gasteiger partial charge on any atom is 0.248 e. The van der Waals surface area contributed by atoms with Gasteiger partial charge in [-0.3, -0.25) is 9.59 Å². The Labute approximate surface area is 113 Å². The lowest BCUT2D eigenvalue weighted by Crippen LogP contribution is -2.39. The van der Waals surface area contributed by atoms with E-state index in [1.165, 1.54) is 0 Å². The van der Waals surface area contributed by atoms with E-state index in [-0.39, 0.29) is 18.5 Å². The van der Waals surface area contributed by atoms with E-state index in [0.29, 0.717) is 11.5 Å². The van der Waals surface area contributed by atoms with E-state index in [0.717, 1.165) is 5.69 Å². The summed E-state index contributed by atoms with van der Waals surface area (Å²) in [6.07, 6.45) is 0. The maximum atomic E-state index is 11.7. The highest BCUT2D eigenvalue weighted by Crippen LogP contribution is 2.08. The third-order valence-electron chi connectivity index (χ3n) is 3.01. The van der Waals surface area contributed by atoms with Crippen molar-refractivity contribution in [3.8, 4) is 0 Å². The van der Waals surface area contributed by atoms with Crippen LogP contribution in [0.4, 0.5) is 5.69 Å². The summed E-state index contributed by atoms with van der Waals surface area (Å²) in [5, 5.41) is 5.89. The molecule has 5 nitrogen and oxygen atoms in total. The van der Waals surface area contributed by atoms with Gasteiger partial charge in [-0.05, 0) is 37.1 Å². The lowest BCUT2D eigenvalue weighted by Gasteiger charge is -2.17. The number of nitrogens with two attached hydrogens (primary N) is 1. The lowest BCUT2D eigenvalue weighted by atomic mass is 10.1. The van der Waals surface area contributed by atoms with E-state index in [1.807, 2.05) is 6.92 Å². The Morgan fingerprint density at radius 2 is 1.74 bits per heavy atom. The van der Waals surface area contributed by atoms with E-state index >= 15 is 0 Å². The second kappa shape index (κ2) is 6.78. The fraction of sp³-hybridized carbons (Fsp3) is 0.429. The van der Waals surface area contributed by atoms with Crippen molar-refractivity contribution in [3.05, 3.63) is 29.8 Å². The number of carbonyl (C=O) groups is 2. The molecule has 104 valence electrons. The number of carbonyl (C=O) groups excluding carboxylic acids is 2. The summed E-state index contributed by atoms with van der Waals surface area (Å²) in [7, 11) is 0. The molecule has 0 heterocycles.